The molecule has 0 radical (unpaired) electrons. The molecule has 0 aliphatic rings. The summed E-state index contributed by atoms with van der Waals surface area (Å²) in [6, 6.07) is 11.9. The van der Waals surface area contributed by atoms with Gasteiger partial charge in [0.25, 0.3) is 5.91 Å². The first-order valence-corrected chi connectivity index (χ1v) is 6.48. The van der Waals surface area contributed by atoms with Gasteiger partial charge in [-0.15, -0.1) is 0 Å². The average Bonchev–Trinajstić information content (AvgIpc) is 2.33. The fourth-order valence-electron chi connectivity index (χ4n) is 1.61. The van der Waals surface area contributed by atoms with Gasteiger partial charge in [0.15, 0.2) is 0 Å². The van der Waals surface area contributed by atoms with Crippen molar-refractivity contribution in [3.05, 3.63) is 63.0 Å². The van der Waals surface area contributed by atoms with Gasteiger partial charge in [-0.05, 0) is 59.3 Å². The van der Waals surface area contributed by atoms with Crippen LogP contribution in [0.3, 0.4) is 0 Å². The Morgan fingerprint density at radius 2 is 1.94 bits per heavy atom. The van der Waals surface area contributed by atoms with E-state index >= 15 is 0 Å². The Bertz CT molecular complexity index is 598. The van der Waals surface area contributed by atoms with Crippen molar-refractivity contribution in [1.82, 2.24) is 0 Å². The molecule has 1 N–H and O–H groups in total. The highest BCUT2D eigenvalue weighted by Crippen LogP contribution is 2.18. The highest BCUT2D eigenvalue weighted by atomic mass is 127. The summed E-state index contributed by atoms with van der Waals surface area (Å²) in [5.41, 5.74) is 1.61. The van der Waals surface area contributed by atoms with Crippen LogP contribution in [0.1, 0.15) is 15.9 Å². The van der Waals surface area contributed by atoms with Crippen molar-refractivity contribution in [1.29, 1.82) is 0 Å². The first kappa shape index (κ1) is 13.0. The largest absolute Gasteiger partial charge is 0.319 e. The summed E-state index contributed by atoms with van der Waals surface area (Å²) in [5, 5.41) is 2.58. The third kappa shape index (κ3) is 2.87. The number of anilines is 1. The smallest absolute Gasteiger partial charge is 0.256 e. The third-order valence-electron chi connectivity index (χ3n) is 2.57. The Morgan fingerprint density at radius 3 is 2.61 bits per heavy atom. The minimum Gasteiger partial charge on any atom is -0.319 e. The predicted molar refractivity (Wildman–Crippen MR) is 78.2 cm³/mol. The van der Waals surface area contributed by atoms with Crippen molar-refractivity contribution in [2.75, 3.05) is 5.32 Å². The van der Waals surface area contributed by atoms with Crippen molar-refractivity contribution >= 4 is 34.2 Å². The molecule has 0 bridgehead atoms. The lowest BCUT2D eigenvalue weighted by Gasteiger charge is -2.08. The molecule has 0 saturated heterocycles. The fraction of sp³-hybridized carbons (Fsp3) is 0.0714. The van der Waals surface area contributed by atoms with E-state index in [1.54, 1.807) is 24.3 Å². The molecule has 0 spiro atoms. The van der Waals surface area contributed by atoms with Gasteiger partial charge in [0, 0.05) is 9.13 Å². The lowest BCUT2D eigenvalue weighted by Crippen LogP contribution is -2.14. The van der Waals surface area contributed by atoms with E-state index in [4.69, 9.17) is 0 Å². The Hall–Kier alpha value is -1.43. The second-order valence-electron chi connectivity index (χ2n) is 3.89. The van der Waals surface area contributed by atoms with Crippen LogP contribution in [0, 0.1) is 16.3 Å². The van der Waals surface area contributed by atoms with Crippen molar-refractivity contribution in [2.24, 2.45) is 0 Å². The van der Waals surface area contributed by atoms with E-state index in [0.717, 1.165) is 9.13 Å². The number of aryl methyl sites for hydroxylation is 1. The van der Waals surface area contributed by atoms with Gasteiger partial charge < -0.3 is 5.32 Å². The predicted octanol–water partition coefficient (Wildman–Crippen LogP) is 3.99. The number of amides is 1. The summed E-state index contributed by atoms with van der Waals surface area (Å²) in [4.78, 5) is 12.0. The van der Waals surface area contributed by atoms with Crippen molar-refractivity contribution in [2.45, 2.75) is 6.92 Å². The molecule has 0 fully saturated rings. The first-order valence-electron chi connectivity index (χ1n) is 5.40. The molecule has 92 valence electrons. The number of hydrogen-bond acceptors (Lipinski definition) is 1. The van der Waals surface area contributed by atoms with Gasteiger partial charge in [-0.3, -0.25) is 4.79 Å². The number of nitrogens with one attached hydrogen (secondary N) is 1. The number of carbonyl (C=O) groups excluding carboxylic acids is 1. The van der Waals surface area contributed by atoms with Crippen molar-refractivity contribution < 1.29 is 9.18 Å². The molecule has 2 rings (SSSR count). The summed E-state index contributed by atoms with van der Waals surface area (Å²) in [6.07, 6.45) is 0. The fourth-order valence-corrected chi connectivity index (χ4v) is 2.06. The highest BCUT2D eigenvalue weighted by molar-refractivity contribution is 14.1. The van der Waals surface area contributed by atoms with Crippen LogP contribution in [0.15, 0.2) is 42.5 Å². The van der Waals surface area contributed by atoms with Gasteiger partial charge in [0.05, 0.1) is 5.69 Å². The lowest BCUT2D eigenvalue weighted by atomic mass is 10.1. The van der Waals surface area contributed by atoms with E-state index in [1.165, 1.54) is 6.07 Å². The molecule has 0 aliphatic carbocycles. The zero-order chi connectivity index (χ0) is 13.1. The summed E-state index contributed by atoms with van der Waals surface area (Å²) in [7, 11) is 0. The first-order chi connectivity index (χ1) is 8.58. The number of halogens is 2. The van der Waals surface area contributed by atoms with Crippen molar-refractivity contribution in [3.8, 4) is 0 Å². The number of benzene rings is 2. The molecular weight excluding hydrogens is 344 g/mol. The Balaban J connectivity index is 2.24. The van der Waals surface area contributed by atoms with E-state index < -0.39 is 5.82 Å². The van der Waals surface area contributed by atoms with Crippen LogP contribution in [0.4, 0.5) is 10.1 Å². The molecule has 0 saturated carbocycles. The molecule has 0 atom stereocenters. The maximum Gasteiger partial charge on any atom is 0.256 e. The molecule has 0 aliphatic heterocycles. The molecular formula is C14H11FINO. The zero-order valence-electron chi connectivity index (χ0n) is 9.71. The second-order valence-corrected chi connectivity index (χ2v) is 5.14. The second kappa shape index (κ2) is 5.48. The maximum atomic E-state index is 13.6. The number of carbonyl (C=O) groups is 1. The van der Waals surface area contributed by atoms with E-state index in [0.29, 0.717) is 5.56 Å². The SMILES string of the molecule is Cc1ccccc1C(=O)Nc1ccc(I)cc1F. The Labute approximate surface area is 118 Å². The number of hydrogen-bond donors (Lipinski definition) is 1. The van der Waals surface area contributed by atoms with Gasteiger partial charge in [-0.2, -0.15) is 0 Å². The molecule has 0 aromatic heterocycles. The van der Waals surface area contributed by atoms with E-state index in [2.05, 4.69) is 5.32 Å². The average molecular weight is 355 g/mol. The maximum absolute atomic E-state index is 13.6. The summed E-state index contributed by atoms with van der Waals surface area (Å²) in [6.45, 7) is 1.85. The van der Waals surface area contributed by atoms with Crippen LogP contribution in [-0.2, 0) is 0 Å². The monoisotopic (exact) mass is 355 g/mol. The van der Waals surface area contributed by atoms with Gasteiger partial charge in [-0.25, -0.2) is 4.39 Å². The third-order valence-corrected chi connectivity index (χ3v) is 3.24. The van der Waals surface area contributed by atoms with Crippen molar-refractivity contribution in [3.63, 3.8) is 0 Å². The van der Waals surface area contributed by atoms with Crippen LogP contribution >= 0.6 is 22.6 Å². The van der Waals surface area contributed by atoms with E-state index in [9.17, 15) is 9.18 Å². The van der Waals surface area contributed by atoms with Gasteiger partial charge in [0.1, 0.15) is 5.82 Å². The molecule has 0 heterocycles. The Kier molecular flexibility index (Phi) is 3.96. The molecule has 1 amide bonds. The molecule has 2 aromatic rings. The molecule has 2 aromatic carbocycles. The standard InChI is InChI=1S/C14H11FINO/c1-9-4-2-3-5-11(9)14(18)17-13-7-6-10(16)8-12(13)15/h2-8H,1H3,(H,17,18). The summed E-state index contributed by atoms with van der Waals surface area (Å²) < 4.78 is 14.4. The van der Waals surface area contributed by atoms with Gasteiger partial charge >= 0.3 is 0 Å². The van der Waals surface area contributed by atoms with Crippen LogP contribution in [0.5, 0.6) is 0 Å². The minimum atomic E-state index is -0.427. The van der Waals surface area contributed by atoms with Crippen LogP contribution in [0.25, 0.3) is 0 Å². The molecule has 18 heavy (non-hydrogen) atoms. The Morgan fingerprint density at radius 1 is 1.22 bits per heavy atom. The van der Waals surface area contributed by atoms with Gasteiger partial charge in [-0.1, -0.05) is 18.2 Å². The van der Waals surface area contributed by atoms with Crippen LogP contribution in [0.2, 0.25) is 0 Å². The summed E-state index contributed by atoms with van der Waals surface area (Å²) >= 11 is 2.02. The lowest BCUT2D eigenvalue weighted by molar-refractivity contribution is 0.102. The summed E-state index contributed by atoms with van der Waals surface area (Å²) in [5.74, 6) is -0.725. The molecule has 0 unspecified atom stereocenters. The van der Waals surface area contributed by atoms with Crippen LogP contribution < -0.4 is 5.32 Å². The van der Waals surface area contributed by atoms with E-state index in [-0.39, 0.29) is 11.6 Å². The quantitative estimate of drug-likeness (QED) is 0.811. The normalized spacial score (nSPS) is 10.2. The van der Waals surface area contributed by atoms with Crippen LogP contribution in [-0.4, -0.2) is 5.91 Å². The zero-order valence-corrected chi connectivity index (χ0v) is 11.9. The molecule has 4 heteroatoms. The van der Waals surface area contributed by atoms with Gasteiger partial charge in [0.2, 0.25) is 0 Å². The number of rotatable bonds is 2. The highest BCUT2D eigenvalue weighted by Gasteiger charge is 2.11. The topological polar surface area (TPSA) is 29.1 Å². The van der Waals surface area contributed by atoms with E-state index in [1.807, 2.05) is 41.6 Å². The molecule has 2 nitrogen and oxygen atoms in total. The minimum absolute atomic E-state index is 0.198.